The Hall–Kier alpha value is -2.78. The van der Waals surface area contributed by atoms with Gasteiger partial charge in [0.2, 0.25) is 0 Å². The molecule has 1 atom stereocenters. The Labute approximate surface area is 214 Å². The predicted molar refractivity (Wildman–Crippen MR) is 134 cm³/mol. The highest BCUT2D eigenvalue weighted by atomic mass is 16.7. The molecule has 0 saturated carbocycles. The Balaban J connectivity index is 1.65. The summed E-state index contributed by atoms with van der Waals surface area (Å²) in [6.07, 6.45) is 7.93. The lowest BCUT2D eigenvalue weighted by Gasteiger charge is -2.34. The second-order valence-electron chi connectivity index (χ2n) is 10.3. The number of allylic oxidation sites excluding steroid dienone is 1. The topological polar surface area (TPSA) is 102 Å². The first-order valence-electron chi connectivity index (χ1n) is 12.5. The lowest BCUT2D eigenvalue weighted by Crippen LogP contribution is -2.37. The maximum atomic E-state index is 12.0. The maximum Gasteiger partial charge on any atom is 0.333 e. The zero-order valence-electron chi connectivity index (χ0n) is 22.0. The fourth-order valence-corrected chi connectivity index (χ4v) is 4.07. The van der Waals surface area contributed by atoms with Gasteiger partial charge in [0.15, 0.2) is 0 Å². The third-order valence-electron chi connectivity index (χ3n) is 6.51. The van der Waals surface area contributed by atoms with Gasteiger partial charge in [-0.25, -0.2) is 4.79 Å². The highest BCUT2D eigenvalue weighted by Gasteiger charge is 2.31. The van der Waals surface area contributed by atoms with Gasteiger partial charge in [-0.15, -0.1) is 11.6 Å². The average molecular weight is 505 g/mol. The number of ether oxygens (including phenoxy) is 2. The molecule has 2 aliphatic rings. The fraction of sp³-hybridized carbons (Fsp3) is 0.630. The molecule has 1 fully saturated rings. The molecule has 9 nitrogen and oxygen atoms in total. The van der Waals surface area contributed by atoms with Crippen LogP contribution in [0.1, 0.15) is 72.6 Å². The summed E-state index contributed by atoms with van der Waals surface area (Å²) in [6, 6.07) is 0. The minimum atomic E-state index is -0.483. The molecular formula is C27H40N2O7. The van der Waals surface area contributed by atoms with E-state index in [4.69, 9.17) is 14.3 Å². The summed E-state index contributed by atoms with van der Waals surface area (Å²) in [4.78, 5) is 53.4. The van der Waals surface area contributed by atoms with E-state index in [-0.39, 0.29) is 30.1 Å². The molecule has 0 bridgehead atoms. The van der Waals surface area contributed by atoms with Crippen molar-refractivity contribution in [3.8, 4) is 0 Å². The molecule has 9 heteroatoms. The van der Waals surface area contributed by atoms with E-state index < -0.39 is 17.2 Å². The first-order valence-corrected chi connectivity index (χ1v) is 12.5. The molecule has 0 radical (unpaired) electrons. The van der Waals surface area contributed by atoms with Crippen LogP contribution in [-0.2, 0) is 33.5 Å². The van der Waals surface area contributed by atoms with Crippen LogP contribution in [0.2, 0.25) is 0 Å². The smallest absolute Gasteiger partial charge is 0.333 e. The van der Waals surface area contributed by atoms with Gasteiger partial charge < -0.3 is 14.3 Å². The number of rotatable bonds is 16. The number of imide groups is 1. The molecule has 0 aromatic rings. The van der Waals surface area contributed by atoms with Gasteiger partial charge in [-0.05, 0) is 59.8 Å². The van der Waals surface area contributed by atoms with Crippen LogP contribution in [0.25, 0.3) is 0 Å². The van der Waals surface area contributed by atoms with Crippen molar-refractivity contribution >= 4 is 23.7 Å². The Morgan fingerprint density at radius 2 is 1.72 bits per heavy atom. The van der Waals surface area contributed by atoms with Crippen molar-refractivity contribution in [2.45, 2.75) is 83.8 Å². The monoisotopic (exact) mass is 504 g/mol. The molecule has 1 unspecified atom stereocenters. The normalized spacial score (nSPS) is 17.3. The molecule has 1 saturated heterocycles. The van der Waals surface area contributed by atoms with E-state index in [1.165, 1.54) is 17.1 Å². The van der Waals surface area contributed by atoms with E-state index in [0.717, 1.165) is 11.5 Å². The lowest BCUT2D eigenvalue weighted by molar-refractivity contribution is -0.187. The first-order chi connectivity index (χ1) is 16.9. The van der Waals surface area contributed by atoms with E-state index in [0.29, 0.717) is 57.6 Å². The van der Waals surface area contributed by atoms with Crippen LogP contribution < -0.4 is 0 Å². The second kappa shape index (κ2) is 13.0. The summed E-state index contributed by atoms with van der Waals surface area (Å²) in [6.45, 7) is 16.8. The van der Waals surface area contributed by atoms with Crippen molar-refractivity contribution in [3.05, 3.63) is 37.1 Å². The Bertz CT molecular complexity index is 857. The molecule has 2 aliphatic heterocycles. The highest BCUT2D eigenvalue weighted by Crippen LogP contribution is 2.28. The van der Waals surface area contributed by atoms with E-state index in [1.807, 2.05) is 33.8 Å². The molecule has 36 heavy (non-hydrogen) atoms. The standard InChI is InChI=1S/C27H40N2O7/c1-7-21(10-8-17-28-22(30)14-15-23(28)31)27(5,6)35-19-16-26(3,4)34-18-9-11-25(33)36-29-20(2)12-13-24(29)32/h7,14-15,21H,1-2,8-13,16-19H2,3-6H3. The second-order valence-corrected chi connectivity index (χ2v) is 10.3. The number of carbonyl (C=O) groups excluding carboxylic acids is 4. The third-order valence-corrected chi connectivity index (χ3v) is 6.51. The van der Waals surface area contributed by atoms with Gasteiger partial charge in [-0.3, -0.25) is 19.3 Å². The van der Waals surface area contributed by atoms with E-state index in [1.54, 1.807) is 0 Å². The largest absolute Gasteiger partial charge is 0.375 e. The molecule has 0 spiro atoms. The van der Waals surface area contributed by atoms with Crippen LogP contribution in [-0.4, -0.2) is 64.6 Å². The quantitative estimate of drug-likeness (QED) is 0.179. The molecule has 2 rings (SSSR count). The summed E-state index contributed by atoms with van der Waals surface area (Å²) in [5, 5.41) is 0.991. The van der Waals surface area contributed by atoms with Crippen molar-refractivity contribution in [3.63, 3.8) is 0 Å². The van der Waals surface area contributed by atoms with Gasteiger partial charge in [-0.1, -0.05) is 12.7 Å². The highest BCUT2D eigenvalue weighted by molar-refractivity contribution is 6.12. The van der Waals surface area contributed by atoms with Crippen molar-refractivity contribution in [2.75, 3.05) is 19.8 Å². The van der Waals surface area contributed by atoms with Gasteiger partial charge in [0.05, 0.1) is 29.9 Å². The van der Waals surface area contributed by atoms with E-state index in [9.17, 15) is 19.2 Å². The van der Waals surface area contributed by atoms with Crippen molar-refractivity contribution in [1.82, 2.24) is 9.96 Å². The zero-order chi connectivity index (χ0) is 26.9. The van der Waals surface area contributed by atoms with Crippen LogP contribution in [0.4, 0.5) is 0 Å². The molecule has 0 aliphatic carbocycles. The van der Waals surface area contributed by atoms with E-state index >= 15 is 0 Å². The average Bonchev–Trinajstić information content (AvgIpc) is 3.29. The van der Waals surface area contributed by atoms with Crippen LogP contribution in [0, 0.1) is 5.92 Å². The van der Waals surface area contributed by atoms with Gasteiger partial charge in [0.25, 0.3) is 17.7 Å². The van der Waals surface area contributed by atoms with Crippen molar-refractivity contribution in [1.29, 1.82) is 0 Å². The Kier molecular flexibility index (Phi) is 10.6. The summed E-state index contributed by atoms with van der Waals surface area (Å²) < 4.78 is 12.1. The minimum Gasteiger partial charge on any atom is -0.375 e. The Morgan fingerprint density at radius 3 is 2.31 bits per heavy atom. The maximum absolute atomic E-state index is 12.0. The predicted octanol–water partition coefficient (Wildman–Crippen LogP) is 3.85. The van der Waals surface area contributed by atoms with Crippen LogP contribution in [0.15, 0.2) is 37.1 Å². The molecule has 0 aromatic heterocycles. The van der Waals surface area contributed by atoms with Gasteiger partial charge >= 0.3 is 5.97 Å². The van der Waals surface area contributed by atoms with Crippen LogP contribution >= 0.6 is 0 Å². The number of nitrogens with zero attached hydrogens (tertiary/aromatic N) is 2. The lowest BCUT2D eigenvalue weighted by atomic mass is 9.86. The van der Waals surface area contributed by atoms with Crippen molar-refractivity contribution < 1.29 is 33.5 Å². The summed E-state index contributed by atoms with van der Waals surface area (Å²) in [7, 11) is 0. The van der Waals surface area contributed by atoms with Crippen molar-refractivity contribution in [2.24, 2.45) is 5.92 Å². The molecule has 0 aromatic carbocycles. The zero-order valence-corrected chi connectivity index (χ0v) is 22.0. The molecular weight excluding hydrogens is 464 g/mol. The molecule has 3 amide bonds. The number of hydroxylamine groups is 2. The molecule has 0 N–H and O–H groups in total. The molecule has 2 heterocycles. The van der Waals surface area contributed by atoms with Crippen LogP contribution in [0.5, 0.6) is 0 Å². The number of hydrogen-bond acceptors (Lipinski definition) is 7. The SMILES string of the molecule is C=CC(CCCN1C(=O)C=CC1=O)C(C)(C)OCCC(C)(C)OCCCC(=O)ON1C(=C)CCC1=O. The van der Waals surface area contributed by atoms with Gasteiger partial charge in [-0.2, -0.15) is 0 Å². The van der Waals surface area contributed by atoms with E-state index in [2.05, 4.69) is 13.2 Å². The number of amides is 3. The minimum absolute atomic E-state index is 0.0480. The summed E-state index contributed by atoms with van der Waals surface area (Å²) in [5.74, 6) is -1.22. The third kappa shape index (κ3) is 8.71. The first kappa shape index (κ1) is 29.5. The molecule has 200 valence electrons. The number of carbonyl (C=O) groups is 4. The Morgan fingerprint density at radius 1 is 1.06 bits per heavy atom. The van der Waals surface area contributed by atoms with Gasteiger partial charge in [0.1, 0.15) is 0 Å². The fourth-order valence-electron chi connectivity index (χ4n) is 4.07. The van der Waals surface area contributed by atoms with Crippen LogP contribution in [0.3, 0.4) is 0 Å². The number of hydrogen-bond donors (Lipinski definition) is 0. The summed E-state index contributed by atoms with van der Waals surface area (Å²) in [5.41, 5.74) is -0.427. The summed E-state index contributed by atoms with van der Waals surface area (Å²) >= 11 is 0. The van der Waals surface area contributed by atoms with Gasteiger partial charge in [0, 0.05) is 37.6 Å².